The summed E-state index contributed by atoms with van der Waals surface area (Å²) in [6, 6.07) is 7.70. The average molecular weight is 544 g/mol. The molecule has 1 atom stereocenters. The summed E-state index contributed by atoms with van der Waals surface area (Å²) >= 11 is 1.33. The Balaban J connectivity index is 0.00000450. The van der Waals surface area contributed by atoms with E-state index in [1.807, 2.05) is 38.1 Å². The molecule has 1 unspecified atom stereocenters. The number of hydrogen-bond acceptors (Lipinski definition) is 6. The molecule has 9 heteroatoms. The van der Waals surface area contributed by atoms with E-state index in [0.29, 0.717) is 36.3 Å². The Bertz CT molecular complexity index is 870. The number of esters is 1. The van der Waals surface area contributed by atoms with Gasteiger partial charge < -0.3 is 20.1 Å². The molecule has 0 amide bonds. The van der Waals surface area contributed by atoms with Crippen LogP contribution >= 0.6 is 35.3 Å². The van der Waals surface area contributed by atoms with Crippen molar-refractivity contribution >= 4 is 47.2 Å². The monoisotopic (exact) mass is 544 g/mol. The maximum absolute atomic E-state index is 12.0. The molecule has 2 rings (SSSR count). The lowest BCUT2D eigenvalue weighted by Gasteiger charge is -2.17. The zero-order valence-corrected chi connectivity index (χ0v) is 20.9. The van der Waals surface area contributed by atoms with Gasteiger partial charge in [-0.15, -0.1) is 35.3 Å². The summed E-state index contributed by atoms with van der Waals surface area (Å²) in [7, 11) is 1.71. The lowest BCUT2D eigenvalue weighted by atomic mass is 10.2. The Morgan fingerprint density at radius 3 is 2.80 bits per heavy atom. The van der Waals surface area contributed by atoms with Crippen molar-refractivity contribution in [2.24, 2.45) is 4.99 Å². The lowest BCUT2D eigenvalue weighted by Crippen LogP contribution is -2.38. The second-order valence-electron chi connectivity index (χ2n) is 6.19. The standard InChI is InChI=1S/C21H28N4O3S.HI/c1-6-12-28-17-11-9-8-10-16(17)13-23-21(22-5)25-15(4)19-24-14(3)18(29-19)20(26)27-7-2;/h6,8-11,15H,1,7,12-13H2,2-5H3,(H2,22,23,25);1H. The molecule has 30 heavy (non-hydrogen) atoms. The molecule has 2 aromatic rings. The van der Waals surface area contributed by atoms with E-state index in [0.717, 1.165) is 16.3 Å². The number of halogens is 1. The minimum atomic E-state index is -0.334. The van der Waals surface area contributed by atoms with Gasteiger partial charge in [0.1, 0.15) is 22.2 Å². The zero-order valence-electron chi connectivity index (χ0n) is 17.7. The van der Waals surface area contributed by atoms with E-state index in [9.17, 15) is 4.79 Å². The minimum absolute atomic E-state index is 0. The topological polar surface area (TPSA) is 84.8 Å². The summed E-state index contributed by atoms with van der Waals surface area (Å²) in [5, 5.41) is 7.39. The largest absolute Gasteiger partial charge is 0.489 e. The van der Waals surface area contributed by atoms with Gasteiger partial charge in [-0.25, -0.2) is 9.78 Å². The van der Waals surface area contributed by atoms with Gasteiger partial charge in [0.05, 0.1) is 18.3 Å². The number of carbonyl (C=O) groups is 1. The van der Waals surface area contributed by atoms with Crippen LogP contribution in [0.3, 0.4) is 0 Å². The predicted octanol–water partition coefficient (Wildman–Crippen LogP) is 4.24. The van der Waals surface area contributed by atoms with Crippen LogP contribution in [0.1, 0.15) is 45.8 Å². The Morgan fingerprint density at radius 1 is 1.40 bits per heavy atom. The molecule has 1 aromatic heterocycles. The molecule has 2 N–H and O–H groups in total. The van der Waals surface area contributed by atoms with E-state index in [1.54, 1.807) is 20.0 Å². The first-order valence-corrected chi connectivity index (χ1v) is 10.2. The summed E-state index contributed by atoms with van der Waals surface area (Å²) < 4.78 is 10.8. The van der Waals surface area contributed by atoms with Crippen LogP contribution in [0.5, 0.6) is 5.75 Å². The summed E-state index contributed by atoms with van der Waals surface area (Å²) in [5.41, 5.74) is 1.69. The minimum Gasteiger partial charge on any atom is -0.489 e. The molecule has 0 saturated carbocycles. The molecule has 7 nitrogen and oxygen atoms in total. The first kappa shape index (κ1) is 25.9. The van der Waals surface area contributed by atoms with E-state index >= 15 is 0 Å². The number of guanidine groups is 1. The number of benzene rings is 1. The van der Waals surface area contributed by atoms with Crippen molar-refractivity contribution in [1.82, 2.24) is 15.6 Å². The Hall–Kier alpha value is -2.14. The van der Waals surface area contributed by atoms with Gasteiger partial charge in [0, 0.05) is 19.2 Å². The molecule has 164 valence electrons. The predicted molar refractivity (Wildman–Crippen MR) is 132 cm³/mol. The van der Waals surface area contributed by atoms with E-state index in [4.69, 9.17) is 9.47 Å². The van der Waals surface area contributed by atoms with Gasteiger partial charge >= 0.3 is 5.97 Å². The van der Waals surface area contributed by atoms with Crippen LogP contribution in [0.2, 0.25) is 0 Å². The molecule has 1 aromatic carbocycles. The molecule has 0 radical (unpaired) electrons. The highest BCUT2D eigenvalue weighted by Gasteiger charge is 2.20. The van der Waals surface area contributed by atoms with Crippen LogP contribution in [0.4, 0.5) is 0 Å². The molecular formula is C21H29IN4O3S. The van der Waals surface area contributed by atoms with E-state index in [2.05, 4.69) is 27.2 Å². The van der Waals surface area contributed by atoms with Crippen molar-refractivity contribution in [3.63, 3.8) is 0 Å². The number of ether oxygens (including phenoxy) is 2. The van der Waals surface area contributed by atoms with Gasteiger partial charge in [0.2, 0.25) is 0 Å². The van der Waals surface area contributed by atoms with Gasteiger partial charge in [0.25, 0.3) is 0 Å². The Morgan fingerprint density at radius 2 is 2.13 bits per heavy atom. The second kappa shape index (κ2) is 13.2. The fourth-order valence-corrected chi connectivity index (χ4v) is 3.53. The number of hydrogen-bond donors (Lipinski definition) is 2. The normalized spacial score (nSPS) is 11.8. The molecule has 0 aliphatic rings. The maximum atomic E-state index is 12.0. The van der Waals surface area contributed by atoms with Crippen LogP contribution < -0.4 is 15.4 Å². The Labute approximate surface area is 199 Å². The van der Waals surface area contributed by atoms with Crippen molar-refractivity contribution in [1.29, 1.82) is 0 Å². The summed E-state index contributed by atoms with van der Waals surface area (Å²) in [5.74, 6) is 1.10. The van der Waals surface area contributed by atoms with Gasteiger partial charge in [-0.2, -0.15) is 0 Å². The number of carbonyl (C=O) groups excluding carboxylic acids is 1. The number of para-hydroxylation sites is 1. The number of aryl methyl sites for hydroxylation is 1. The number of thiazole rings is 1. The number of aliphatic imine (C=N–C) groups is 1. The Kier molecular flexibility index (Phi) is 11.4. The highest BCUT2D eigenvalue weighted by Crippen LogP contribution is 2.24. The molecule has 0 aliphatic carbocycles. The fourth-order valence-electron chi connectivity index (χ4n) is 2.57. The number of aromatic nitrogens is 1. The molecule has 1 heterocycles. The van der Waals surface area contributed by atoms with Gasteiger partial charge in [-0.1, -0.05) is 30.9 Å². The third-order valence-electron chi connectivity index (χ3n) is 4.00. The molecule has 0 aliphatic heterocycles. The zero-order chi connectivity index (χ0) is 21.2. The van der Waals surface area contributed by atoms with Crippen molar-refractivity contribution in [2.45, 2.75) is 33.4 Å². The van der Waals surface area contributed by atoms with Gasteiger partial charge in [-0.3, -0.25) is 4.99 Å². The quantitative estimate of drug-likeness (QED) is 0.162. The van der Waals surface area contributed by atoms with E-state index in [-0.39, 0.29) is 36.0 Å². The molecule has 0 bridgehead atoms. The number of rotatable bonds is 9. The van der Waals surface area contributed by atoms with Crippen LogP contribution in [0.25, 0.3) is 0 Å². The second-order valence-corrected chi connectivity index (χ2v) is 7.22. The average Bonchev–Trinajstić information content (AvgIpc) is 3.12. The van der Waals surface area contributed by atoms with Crippen LogP contribution in [0, 0.1) is 6.92 Å². The molecule has 0 spiro atoms. The van der Waals surface area contributed by atoms with Crippen molar-refractivity contribution in [2.75, 3.05) is 20.3 Å². The third kappa shape index (κ3) is 7.28. The number of nitrogens with one attached hydrogen (secondary N) is 2. The highest BCUT2D eigenvalue weighted by molar-refractivity contribution is 14.0. The van der Waals surface area contributed by atoms with Crippen LogP contribution in [0.15, 0.2) is 41.9 Å². The van der Waals surface area contributed by atoms with E-state index in [1.165, 1.54) is 11.3 Å². The molecular weight excluding hydrogens is 515 g/mol. The van der Waals surface area contributed by atoms with Crippen LogP contribution in [-0.4, -0.2) is 37.2 Å². The fraction of sp³-hybridized carbons (Fsp3) is 0.381. The third-order valence-corrected chi connectivity index (χ3v) is 5.32. The van der Waals surface area contributed by atoms with Crippen molar-refractivity contribution in [3.05, 3.63) is 58.1 Å². The van der Waals surface area contributed by atoms with Gasteiger partial charge in [0.15, 0.2) is 5.96 Å². The highest BCUT2D eigenvalue weighted by atomic mass is 127. The lowest BCUT2D eigenvalue weighted by molar-refractivity contribution is 0.0531. The maximum Gasteiger partial charge on any atom is 0.350 e. The molecule has 0 saturated heterocycles. The first-order valence-electron chi connectivity index (χ1n) is 9.43. The first-order chi connectivity index (χ1) is 14.0. The van der Waals surface area contributed by atoms with Crippen LogP contribution in [-0.2, 0) is 11.3 Å². The summed E-state index contributed by atoms with van der Waals surface area (Å²) in [6.45, 7) is 10.6. The van der Waals surface area contributed by atoms with Gasteiger partial charge in [-0.05, 0) is 26.8 Å². The summed E-state index contributed by atoms with van der Waals surface area (Å²) in [4.78, 5) is 21.3. The van der Waals surface area contributed by atoms with E-state index < -0.39 is 0 Å². The SMILES string of the molecule is C=CCOc1ccccc1CNC(=NC)NC(C)c1nc(C)c(C(=O)OCC)s1.I. The van der Waals surface area contributed by atoms with Crippen molar-refractivity contribution in [3.8, 4) is 5.75 Å². The smallest absolute Gasteiger partial charge is 0.350 e. The number of nitrogens with zero attached hydrogens (tertiary/aromatic N) is 2. The summed E-state index contributed by atoms with van der Waals surface area (Å²) in [6.07, 6.45) is 1.72. The van der Waals surface area contributed by atoms with Crippen molar-refractivity contribution < 1.29 is 14.3 Å². The molecule has 0 fully saturated rings.